The molecule has 33 heavy (non-hydrogen) atoms. The van der Waals surface area contributed by atoms with Crippen LogP contribution in [-0.2, 0) is 29.7 Å². The second-order valence-electron chi connectivity index (χ2n) is 9.30. The number of hydrogen-bond acceptors (Lipinski definition) is 8. The molecular weight excluding hydrogens is 446 g/mol. The quantitative estimate of drug-likeness (QED) is 0.575. The third kappa shape index (κ3) is 5.32. The standard InChI is InChI=1S/C22H29N5O5S/c1-13(28)24-14-5-7-15(8-6-14)33(29,30)27-17-12-32-19-16(11-31-20(17)19)25-21-23-10-9-18(26-21)22(2,3)4/h5-10,16-17,19-20,27H,11-12H2,1-4H3,(H,24,28)(H,23,25,26). The summed E-state index contributed by atoms with van der Waals surface area (Å²) in [7, 11) is -3.79. The van der Waals surface area contributed by atoms with Crippen LogP contribution >= 0.6 is 0 Å². The van der Waals surface area contributed by atoms with Gasteiger partial charge in [0.15, 0.2) is 0 Å². The summed E-state index contributed by atoms with van der Waals surface area (Å²) < 4.78 is 40.2. The Morgan fingerprint density at radius 3 is 2.30 bits per heavy atom. The zero-order chi connectivity index (χ0) is 23.8. The van der Waals surface area contributed by atoms with E-state index in [0.717, 1.165) is 5.69 Å². The highest BCUT2D eigenvalue weighted by atomic mass is 32.2. The van der Waals surface area contributed by atoms with E-state index >= 15 is 0 Å². The van der Waals surface area contributed by atoms with Gasteiger partial charge < -0.3 is 20.1 Å². The molecule has 2 aromatic rings. The molecule has 2 aliphatic rings. The van der Waals surface area contributed by atoms with Crippen molar-refractivity contribution in [2.45, 2.75) is 62.3 Å². The molecule has 0 saturated carbocycles. The number of amides is 1. The van der Waals surface area contributed by atoms with Crippen molar-refractivity contribution >= 4 is 27.6 Å². The number of ether oxygens (including phenoxy) is 2. The van der Waals surface area contributed by atoms with E-state index in [9.17, 15) is 13.2 Å². The van der Waals surface area contributed by atoms with Crippen LogP contribution in [0.5, 0.6) is 0 Å². The molecule has 1 amide bonds. The number of nitrogens with one attached hydrogen (secondary N) is 3. The Morgan fingerprint density at radius 2 is 1.67 bits per heavy atom. The largest absolute Gasteiger partial charge is 0.371 e. The summed E-state index contributed by atoms with van der Waals surface area (Å²) in [6.07, 6.45) is 0.954. The monoisotopic (exact) mass is 475 g/mol. The molecule has 4 rings (SSSR count). The molecule has 10 nitrogen and oxygen atoms in total. The van der Waals surface area contributed by atoms with Crippen LogP contribution in [-0.4, -0.2) is 61.8 Å². The zero-order valence-corrected chi connectivity index (χ0v) is 19.8. The van der Waals surface area contributed by atoms with Crippen LogP contribution in [0.4, 0.5) is 11.6 Å². The van der Waals surface area contributed by atoms with E-state index in [1.54, 1.807) is 18.3 Å². The summed E-state index contributed by atoms with van der Waals surface area (Å²) in [5.74, 6) is 0.263. The van der Waals surface area contributed by atoms with Crippen molar-refractivity contribution in [3.63, 3.8) is 0 Å². The predicted molar refractivity (Wildman–Crippen MR) is 122 cm³/mol. The van der Waals surface area contributed by atoms with E-state index < -0.39 is 22.2 Å². The van der Waals surface area contributed by atoms with Gasteiger partial charge in [0.05, 0.1) is 35.9 Å². The summed E-state index contributed by atoms with van der Waals surface area (Å²) in [5.41, 5.74) is 1.33. The number of sulfonamides is 1. The molecule has 3 N–H and O–H groups in total. The molecule has 0 spiro atoms. The van der Waals surface area contributed by atoms with E-state index in [1.165, 1.54) is 19.1 Å². The maximum atomic E-state index is 12.9. The third-order valence-electron chi connectivity index (χ3n) is 5.58. The molecule has 178 valence electrons. The molecule has 1 aromatic heterocycles. The number of nitrogens with zero attached hydrogens (tertiary/aromatic N) is 2. The molecule has 4 unspecified atom stereocenters. The zero-order valence-electron chi connectivity index (χ0n) is 19.0. The highest BCUT2D eigenvalue weighted by molar-refractivity contribution is 7.89. The Bertz CT molecular complexity index is 1120. The summed E-state index contributed by atoms with van der Waals surface area (Å²) in [6.45, 7) is 8.18. The number of benzene rings is 1. The minimum Gasteiger partial charge on any atom is -0.371 e. The summed E-state index contributed by atoms with van der Waals surface area (Å²) >= 11 is 0. The Hall–Kier alpha value is -2.60. The van der Waals surface area contributed by atoms with Crippen molar-refractivity contribution in [3.8, 4) is 0 Å². The number of aromatic nitrogens is 2. The average molecular weight is 476 g/mol. The molecule has 0 radical (unpaired) electrons. The summed E-state index contributed by atoms with van der Waals surface area (Å²) in [5, 5.41) is 5.89. The molecule has 2 fully saturated rings. The van der Waals surface area contributed by atoms with Gasteiger partial charge in [0.1, 0.15) is 12.2 Å². The highest BCUT2D eigenvalue weighted by Crippen LogP contribution is 2.30. The van der Waals surface area contributed by atoms with Crippen molar-refractivity contribution in [2.24, 2.45) is 0 Å². The normalized spacial score (nSPS) is 25.0. The number of anilines is 2. The van der Waals surface area contributed by atoms with Crippen molar-refractivity contribution in [3.05, 3.63) is 42.2 Å². The lowest BCUT2D eigenvalue weighted by atomic mass is 9.92. The molecular formula is C22H29N5O5S. The van der Waals surface area contributed by atoms with Gasteiger partial charge in [-0.15, -0.1) is 0 Å². The van der Waals surface area contributed by atoms with E-state index in [0.29, 0.717) is 18.2 Å². The van der Waals surface area contributed by atoms with Gasteiger partial charge in [-0.2, -0.15) is 0 Å². The van der Waals surface area contributed by atoms with Crippen molar-refractivity contribution < 1.29 is 22.7 Å². The predicted octanol–water partition coefficient (Wildman–Crippen LogP) is 1.66. The van der Waals surface area contributed by atoms with Crippen LogP contribution < -0.4 is 15.4 Å². The first kappa shape index (κ1) is 23.6. The smallest absolute Gasteiger partial charge is 0.240 e. The maximum Gasteiger partial charge on any atom is 0.240 e. The average Bonchev–Trinajstić information content (AvgIpc) is 3.31. The minimum absolute atomic E-state index is 0.0973. The first-order valence-electron chi connectivity index (χ1n) is 10.8. The van der Waals surface area contributed by atoms with Gasteiger partial charge in [0, 0.05) is 24.2 Å². The molecule has 11 heteroatoms. The summed E-state index contributed by atoms with van der Waals surface area (Å²) in [4.78, 5) is 20.1. The first-order chi connectivity index (χ1) is 15.5. The van der Waals surface area contributed by atoms with Crippen LogP contribution in [0.15, 0.2) is 41.4 Å². The van der Waals surface area contributed by atoms with Crippen LogP contribution in [0.25, 0.3) is 0 Å². The Labute approximate surface area is 193 Å². The van der Waals surface area contributed by atoms with E-state index in [4.69, 9.17) is 9.47 Å². The Morgan fingerprint density at radius 1 is 1.03 bits per heavy atom. The van der Waals surface area contributed by atoms with Crippen LogP contribution in [0.2, 0.25) is 0 Å². The van der Waals surface area contributed by atoms with Crippen molar-refractivity contribution in [1.29, 1.82) is 0 Å². The van der Waals surface area contributed by atoms with Gasteiger partial charge >= 0.3 is 0 Å². The molecule has 0 aliphatic carbocycles. The minimum atomic E-state index is -3.79. The fourth-order valence-corrected chi connectivity index (χ4v) is 5.16. The van der Waals surface area contributed by atoms with E-state index in [2.05, 4.69) is 46.1 Å². The first-order valence-corrected chi connectivity index (χ1v) is 12.2. The lowest BCUT2D eigenvalue weighted by Gasteiger charge is -2.21. The molecule has 2 saturated heterocycles. The van der Waals surface area contributed by atoms with Crippen LogP contribution in [0.1, 0.15) is 33.4 Å². The van der Waals surface area contributed by atoms with Crippen molar-refractivity contribution in [2.75, 3.05) is 23.8 Å². The molecule has 1 aromatic carbocycles. The fourth-order valence-electron chi connectivity index (χ4n) is 3.92. The molecule has 2 aliphatic heterocycles. The number of hydrogen-bond donors (Lipinski definition) is 3. The van der Waals surface area contributed by atoms with E-state index in [1.807, 2.05) is 6.07 Å². The Balaban J connectivity index is 1.40. The van der Waals surface area contributed by atoms with Gasteiger partial charge in [0.25, 0.3) is 0 Å². The highest BCUT2D eigenvalue weighted by Gasteiger charge is 2.49. The topological polar surface area (TPSA) is 132 Å². The molecule has 3 heterocycles. The number of carbonyl (C=O) groups excluding carboxylic acids is 1. The summed E-state index contributed by atoms with van der Waals surface area (Å²) in [6, 6.07) is 7.14. The Kier molecular flexibility index (Phi) is 6.41. The van der Waals surface area contributed by atoms with Crippen LogP contribution in [0, 0.1) is 0 Å². The number of rotatable bonds is 6. The molecule has 0 bridgehead atoms. The van der Waals surface area contributed by atoms with Gasteiger partial charge in [-0.1, -0.05) is 20.8 Å². The van der Waals surface area contributed by atoms with Gasteiger partial charge in [-0.3, -0.25) is 4.79 Å². The number of fused-ring (bicyclic) bond motifs is 1. The molecule has 4 atom stereocenters. The second kappa shape index (κ2) is 8.98. The lowest BCUT2D eigenvalue weighted by molar-refractivity contribution is -0.114. The number of carbonyl (C=O) groups is 1. The third-order valence-corrected chi connectivity index (χ3v) is 7.09. The maximum absolute atomic E-state index is 12.9. The SMILES string of the molecule is CC(=O)Nc1ccc(S(=O)(=O)NC2COC3C(Nc4nccc(C(C)(C)C)n4)COC23)cc1. The van der Waals surface area contributed by atoms with E-state index in [-0.39, 0.29) is 35.0 Å². The van der Waals surface area contributed by atoms with Crippen LogP contribution in [0.3, 0.4) is 0 Å². The van der Waals surface area contributed by atoms with Crippen molar-refractivity contribution in [1.82, 2.24) is 14.7 Å². The fraction of sp³-hybridized carbons (Fsp3) is 0.500. The second-order valence-corrected chi connectivity index (χ2v) is 11.0. The van der Waals surface area contributed by atoms with Gasteiger partial charge in [0.2, 0.25) is 21.9 Å². The van der Waals surface area contributed by atoms with Gasteiger partial charge in [-0.25, -0.2) is 23.1 Å². The van der Waals surface area contributed by atoms with Gasteiger partial charge in [-0.05, 0) is 30.3 Å². The lowest BCUT2D eigenvalue weighted by Crippen LogP contribution is -2.44.